The third-order valence-corrected chi connectivity index (χ3v) is 10.4. The van der Waals surface area contributed by atoms with Gasteiger partial charge in [0, 0.05) is 33.0 Å². The fraction of sp³-hybridized carbons (Fsp3) is 0.947. The maximum absolute atomic E-state index is 5.88. The van der Waals surface area contributed by atoms with E-state index in [0.717, 1.165) is 57.9 Å². The molecule has 0 aliphatic heterocycles. The first-order chi connectivity index (χ1) is 12.4. The van der Waals surface area contributed by atoms with Crippen LogP contribution in [0.3, 0.4) is 0 Å². The van der Waals surface area contributed by atoms with Gasteiger partial charge in [0.15, 0.2) is 0 Å². The maximum atomic E-state index is 5.88. The van der Waals surface area contributed by atoms with Gasteiger partial charge in [0.2, 0.25) is 0 Å². The van der Waals surface area contributed by atoms with Crippen LogP contribution in [0.5, 0.6) is 0 Å². The van der Waals surface area contributed by atoms with E-state index in [1.165, 1.54) is 19.3 Å². The highest BCUT2D eigenvalue weighted by molar-refractivity contribution is 6.66. The van der Waals surface area contributed by atoms with E-state index in [1.807, 2.05) is 13.8 Å². The highest BCUT2D eigenvalue weighted by atomic mass is 28.4. The lowest BCUT2D eigenvalue weighted by molar-refractivity contribution is 0.188. The average molecular weight is 406 g/mol. The summed E-state index contributed by atoms with van der Waals surface area (Å²) in [4.78, 5) is 4.55. The molecule has 0 saturated carbocycles. The fourth-order valence-corrected chi connectivity index (χ4v) is 7.84. The van der Waals surface area contributed by atoms with Crippen LogP contribution in [0.15, 0.2) is 4.99 Å². The Balaban J connectivity index is 3.78. The molecule has 0 aliphatic carbocycles. The topological polar surface area (TPSA) is 49.3 Å². The molecule has 0 aromatic heterocycles. The second-order valence-corrected chi connectivity index (χ2v) is 13.5. The Labute approximate surface area is 164 Å². The third-order valence-electron chi connectivity index (χ3n) is 4.32. The molecule has 0 radical (unpaired) electrons. The van der Waals surface area contributed by atoms with E-state index in [1.54, 1.807) is 0 Å². The lowest BCUT2D eigenvalue weighted by atomic mass is 10.2. The van der Waals surface area contributed by atoms with E-state index >= 15 is 0 Å². The molecule has 26 heavy (non-hydrogen) atoms. The first-order valence-electron chi connectivity index (χ1n) is 10.5. The second kappa shape index (κ2) is 15.9. The molecule has 0 spiro atoms. The monoisotopic (exact) mass is 405 g/mol. The minimum atomic E-state index is -1.98. The molecule has 0 saturated heterocycles. The Morgan fingerprint density at radius 3 is 1.62 bits per heavy atom. The second-order valence-electron chi connectivity index (χ2n) is 6.79. The van der Waals surface area contributed by atoms with Gasteiger partial charge in [0.1, 0.15) is 0 Å². The molecular weight excluding hydrogens is 362 g/mol. The molecule has 0 N–H and O–H groups in total. The summed E-state index contributed by atoms with van der Waals surface area (Å²) in [6.45, 7) is 16.4. The Hall–Kier alpha value is -0.0562. The summed E-state index contributed by atoms with van der Waals surface area (Å²) in [5.41, 5.74) is 0. The lowest BCUT2D eigenvalue weighted by Crippen LogP contribution is -2.38. The van der Waals surface area contributed by atoms with Crippen molar-refractivity contribution in [3.05, 3.63) is 0 Å². The van der Waals surface area contributed by atoms with E-state index in [4.69, 9.17) is 17.7 Å². The molecule has 0 aromatic rings. The van der Waals surface area contributed by atoms with E-state index in [9.17, 15) is 0 Å². The van der Waals surface area contributed by atoms with Gasteiger partial charge < -0.3 is 17.7 Å². The van der Waals surface area contributed by atoms with Gasteiger partial charge in [-0.1, -0.05) is 19.3 Å². The van der Waals surface area contributed by atoms with Crippen LogP contribution >= 0.6 is 0 Å². The quantitative estimate of drug-likeness (QED) is 0.176. The normalized spacial score (nSPS) is 13.0. The molecule has 0 aromatic carbocycles. The van der Waals surface area contributed by atoms with Crippen LogP contribution < -0.4 is 0 Å². The van der Waals surface area contributed by atoms with Crippen LogP contribution in [0.2, 0.25) is 25.2 Å². The Morgan fingerprint density at radius 1 is 0.654 bits per heavy atom. The predicted octanol–water partition coefficient (Wildman–Crippen LogP) is 5.30. The van der Waals surface area contributed by atoms with E-state index in [-0.39, 0.29) is 0 Å². The van der Waals surface area contributed by atoms with Crippen molar-refractivity contribution in [2.75, 3.05) is 33.0 Å². The number of rotatable bonds is 18. The molecule has 0 heterocycles. The van der Waals surface area contributed by atoms with E-state index in [0.29, 0.717) is 0 Å². The standard InChI is InChI=1S/C19H43NO4Si2/c1-7-21-25(5,22-8-2)18-14-12-11-13-16-20-17-15-19-26(6,23-9-3)24-10-4/h17H,7-16,18-19H2,1-6H3. The van der Waals surface area contributed by atoms with Crippen molar-refractivity contribution in [3.8, 4) is 0 Å². The molecule has 0 rings (SSSR count). The van der Waals surface area contributed by atoms with Crippen LogP contribution in [0, 0.1) is 0 Å². The van der Waals surface area contributed by atoms with Crippen molar-refractivity contribution < 1.29 is 17.7 Å². The van der Waals surface area contributed by atoms with Crippen LogP contribution in [-0.2, 0) is 17.7 Å². The first kappa shape index (κ1) is 25.9. The number of unbranched alkanes of at least 4 members (excludes halogenated alkanes) is 3. The zero-order valence-electron chi connectivity index (χ0n) is 18.1. The summed E-state index contributed by atoms with van der Waals surface area (Å²) in [5, 5.41) is 0. The molecule has 0 bridgehead atoms. The van der Waals surface area contributed by atoms with Crippen molar-refractivity contribution in [3.63, 3.8) is 0 Å². The smallest absolute Gasteiger partial charge is 0.335 e. The minimum Gasteiger partial charge on any atom is -0.395 e. The van der Waals surface area contributed by atoms with Gasteiger partial charge in [-0.3, -0.25) is 4.99 Å². The maximum Gasteiger partial charge on any atom is 0.335 e. The summed E-state index contributed by atoms with van der Waals surface area (Å²) in [6, 6.07) is 2.08. The summed E-state index contributed by atoms with van der Waals surface area (Å²) in [7, 11) is -3.90. The molecule has 0 fully saturated rings. The first-order valence-corrected chi connectivity index (χ1v) is 15.5. The van der Waals surface area contributed by atoms with Crippen LogP contribution in [0.4, 0.5) is 0 Å². The van der Waals surface area contributed by atoms with Crippen LogP contribution in [0.25, 0.3) is 0 Å². The third kappa shape index (κ3) is 13.2. The van der Waals surface area contributed by atoms with Gasteiger partial charge in [0.05, 0.1) is 0 Å². The highest BCUT2D eigenvalue weighted by Gasteiger charge is 2.30. The molecule has 0 amide bonds. The number of hydrogen-bond acceptors (Lipinski definition) is 5. The number of hydrogen-bond donors (Lipinski definition) is 0. The zero-order valence-corrected chi connectivity index (χ0v) is 20.1. The minimum absolute atomic E-state index is 0.731. The molecular formula is C19H43NO4Si2. The van der Waals surface area contributed by atoms with Gasteiger partial charge in [-0.15, -0.1) is 0 Å². The lowest BCUT2D eigenvalue weighted by Gasteiger charge is -2.25. The van der Waals surface area contributed by atoms with Crippen molar-refractivity contribution in [1.82, 2.24) is 0 Å². The van der Waals surface area contributed by atoms with Gasteiger partial charge in [-0.2, -0.15) is 0 Å². The van der Waals surface area contributed by atoms with Gasteiger partial charge in [0.25, 0.3) is 0 Å². The van der Waals surface area contributed by atoms with Crippen molar-refractivity contribution >= 4 is 23.3 Å². The van der Waals surface area contributed by atoms with Gasteiger partial charge in [-0.05, 0) is 71.9 Å². The Morgan fingerprint density at radius 2 is 1.12 bits per heavy atom. The highest BCUT2D eigenvalue weighted by Crippen LogP contribution is 2.18. The predicted molar refractivity (Wildman–Crippen MR) is 116 cm³/mol. The van der Waals surface area contributed by atoms with Crippen molar-refractivity contribution in [2.24, 2.45) is 4.99 Å². The zero-order chi connectivity index (χ0) is 19.7. The largest absolute Gasteiger partial charge is 0.395 e. The summed E-state index contributed by atoms with van der Waals surface area (Å²) in [5.74, 6) is 0. The number of nitrogens with zero attached hydrogens (tertiary/aromatic N) is 1. The molecule has 0 aliphatic rings. The molecule has 0 atom stereocenters. The fourth-order valence-electron chi connectivity index (χ4n) is 3.11. The Bertz CT molecular complexity index is 344. The van der Waals surface area contributed by atoms with E-state index in [2.05, 4.69) is 38.1 Å². The Kier molecular flexibility index (Phi) is 15.9. The number of aliphatic imine (C=N–C) groups is 1. The summed E-state index contributed by atoms with van der Waals surface area (Å²) in [6.07, 6.45) is 7.82. The van der Waals surface area contributed by atoms with Gasteiger partial charge in [-0.25, -0.2) is 0 Å². The van der Waals surface area contributed by atoms with Crippen molar-refractivity contribution in [1.29, 1.82) is 0 Å². The molecule has 5 nitrogen and oxygen atoms in total. The van der Waals surface area contributed by atoms with E-state index < -0.39 is 17.1 Å². The van der Waals surface area contributed by atoms with Crippen LogP contribution in [-0.4, -0.2) is 56.3 Å². The average Bonchev–Trinajstić information content (AvgIpc) is 2.57. The molecule has 156 valence electrons. The summed E-state index contributed by atoms with van der Waals surface area (Å²) >= 11 is 0. The van der Waals surface area contributed by atoms with Crippen molar-refractivity contribution in [2.45, 2.75) is 85.0 Å². The summed E-state index contributed by atoms with van der Waals surface area (Å²) < 4.78 is 23.4. The molecule has 7 heteroatoms. The molecule has 0 unspecified atom stereocenters. The SMILES string of the molecule is CCO[Si](C)(CCC=NCCCCCC[Si](C)(OCC)OCC)OCC. The van der Waals surface area contributed by atoms with Crippen LogP contribution in [0.1, 0.15) is 59.8 Å². The van der Waals surface area contributed by atoms with Gasteiger partial charge >= 0.3 is 17.1 Å².